The smallest absolute Gasteiger partial charge is 0.164 e. The summed E-state index contributed by atoms with van der Waals surface area (Å²) in [5.74, 6) is 1.86. The van der Waals surface area contributed by atoms with Crippen molar-refractivity contribution in [1.29, 1.82) is 0 Å². The minimum absolute atomic E-state index is 0.0742. The second-order valence-corrected chi connectivity index (χ2v) is 9.91. The molecule has 3 aromatic rings. The van der Waals surface area contributed by atoms with Crippen LogP contribution in [-0.4, -0.2) is 59.2 Å². The van der Waals surface area contributed by atoms with E-state index in [0.29, 0.717) is 23.5 Å². The fraction of sp³-hybridized carbons (Fsp3) is 0.429. The third kappa shape index (κ3) is 3.98. The molecule has 0 spiro atoms. The van der Waals surface area contributed by atoms with Crippen molar-refractivity contribution >= 4 is 34.4 Å². The van der Waals surface area contributed by atoms with E-state index in [-0.39, 0.29) is 11.4 Å². The van der Waals surface area contributed by atoms with Gasteiger partial charge in [-0.2, -0.15) is 0 Å². The number of hydrogen-bond acceptors (Lipinski definition) is 9. The Morgan fingerprint density at radius 3 is 2.91 bits per heavy atom. The Morgan fingerprint density at radius 1 is 1.25 bits per heavy atom. The molecule has 10 nitrogen and oxygen atoms in total. The number of nitrogens with one attached hydrogen (secondary N) is 3. The number of hydrogen-bond donors (Lipinski definition) is 3. The van der Waals surface area contributed by atoms with Crippen LogP contribution in [0.3, 0.4) is 0 Å². The van der Waals surface area contributed by atoms with Gasteiger partial charge >= 0.3 is 0 Å². The van der Waals surface area contributed by atoms with Gasteiger partial charge in [-0.25, -0.2) is 15.0 Å². The molecule has 5 rings (SSSR count). The van der Waals surface area contributed by atoms with E-state index >= 15 is 0 Å². The number of nitrogens with zero attached hydrogens (tertiary/aromatic N) is 6. The van der Waals surface area contributed by atoms with Crippen LogP contribution in [0.15, 0.2) is 36.9 Å². The van der Waals surface area contributed by atoms with Gasteiger partial charge in [0.05, 0.1) is 53.1 Å². The molecule has 0 aromatic carbocycles. The van der Waals surface area contributed by atoms with Gasteiger partial charge in [0.2, 0.25) is 0 Å². The number of rotatable bonds is 6. The molecule has 0 bridgehead atoms. The average molecular weight is 454 g/mol. The second kappa shape index (κ2) is 8.57. The summed E-state index contributed by atoms with van der Waals surface area (Å²) in [6.07, 6.45) is 8.03. The van der Waals surface area contributed by atoms with Crippen molar-refractivity contribution in [2.45, 2.75) is 44.6 Å². The minimum Gasteiger partial charge on any atom is -0.591 e. The van der Waals surface area contributed by atoms with Crippen molar-refractivity contribution in [3.05, 3.63) is 36.9 Å². The van der Waals surface area contributed by atoms with E-state index < -0.39 is 11.4 Å². The van der Waals surface area contributed by atoms with Crippen LogP contribution >= 0.6 is 0 Å². The summed E-state index contributed by atoms with van der Waals surface area (Å²) >= 11 is -1.21. The van der Waals surface area contributed by atoms with Crippen LogP contribution in [0.4, 0.5) is 23.0 Å². The Balaban J connectivity index is 1.35. The lowest BCUT2D eigenvalue weighted by atomic mass is 10.2. The van der Waals surface area contributed by atoms with Gasteiger partial charge < -0.3 is 25.4 Å². The normalized spacial score (nSPS) is 21.0. The molecular formula is C21H27N9OS. The molecule has 0 amide bonds. The van der Waals surface area contributed by atoms with E-state index in [0.717, 1.165) is 36.4 Å². The van der Waals surface area contributed by atoms with Crippen LogP contribution in [0.25, 0.3) is 11.4 Å². The molecule has 11 heteroatoms. The zero-order valence-electron chi connectivity index (χ0n) is 18.3. The van der Waals surface area contributed by atoms with E-state index in [1.54, 1.807) is 24.7 Å². The second-order valence-electron chi connectivity index (χ2n) is 8.32. The molecule has 3 unspecified atom stereocenters. The fourth-order valence-corrected chi connectivity index (χ4v) is 5.48. The molecule has 1 fully saturated rings. The molecule has 0 radical (unpaired) electrons. The van der Waals surface area contributed by atoms with Gasteiger partial charge in [-0.1, -0.05) is 4.09 Å². The summed E-state index contributed by atoms with van der Waals surface area (Å²) in [6, 6.07) is 4.19. The first-order chi connectivity index (χ1) is 15.5. The number of fused-ring (bicyclic) bond motifs is 1. The van der Waals surface area contributed by atoms with E-state index in [1.165, 1.54) is 4.09 Å². The molecule has 0 aliphatic carbocycles. The highest BCUT2D eigenvalue weighted by Crippen LogP contribution is 2.37. The highest BCUT2D eigenvalue weighted by Gasteiger charge is 2.30. The van der Waals surface area contributed by atoms with Crippen LogP contribution in [0, 0.1) is 0 Å². The van der Waals surface area contributed by atoms with Gasteiger partial charge in [0.15, 0.2) is 11.1 Å². The lowest BCUT2D eigenvalue weighted by Gasteiger charge is -2.28. The van der Waals surface area contributed by atoms with E-state index in [2.05, 4.69) is 61.7 Å². The molecule has 2 aliphatic heterocycles. The molecule has 2 aliphatic rings. The zero-order valence-corrected chi connectivity index (χ0v) is 19.1. The first-order valence-corrected chi connectivity index (χ1v) is 12.0. The van der Waals surface area contributed by atoms with Crippen molar-refractivity contribution in [2.75, 3.05) is 28.6 Å². The van der Waals surface area contributed by atoms with Crippen LogP contribution < -0.4 is 20.9 Å². The lowest BCUT2D eigenvalue weighted by Crippen LogP contribution is -2.38. The van der Waals surface area contributed by atoms with Crippen molar-refractivity contribution < 1.29 is 4.55 Å². The van der Waals surface area contributed by atoms with Crippen molar-refractivity contribution in [3.63, 3.8) is 0 Å². The van der Waals surface area contributed by atoms with Gasteiger partial charge in [-0.3, -0.25) is 0 Å². The maximum absolute atomic E-state index is 12.7. The van der Waals surface area contributed by atoms with Crippen LogP contribution in [0.5, 0.6) is 0 Å². The Kier molecular flexibility index (Phi) is 5.62. The maximum atomic E-state index is 12.7. The number of pyridine rings is 1. The predicted octanol–water partition coefficient (Wildman–Crippen LogP) is 2.34. The van der Waals surface area contributed by atoms with Gasteiger partial charge in [0, 0.05) is 37.8 Å². The Bertz CT molecular complexity index is 1100. The predicted molar refractivity (Wildman–Crippen MR) is 126 cm³/mol. The standard InChI is InChI=1S/C21H27N9OS/c1-13(2)30-14(3)26-17-11-24-20(8-18(17)30)27-19-5-7-23-21(28-19)15-9-25-29(12-15)32(31)16-4-6-22-10-16/h5,7-9,11-14,16,22,26H,4,6,10H2,1-3H3,(H,23,24,27,28). The molecule has 1 saturated heterocycles. The third-order valence-corrected chi connectivity index (χ3v) is 7.25. The summed E-state index contributed by atoms with van der Waals surface area (Å²) < 4.78 is 14.2. The summed E-state index contributed by atoms with van der Waals surface area (Å²) in [5.41, 5.74) is 2.86. The van der Waals surface area contributed by atoms with Crippen LogP contribution in [0.1, 0.15) is 27.2 Å². The van der Waals surface area contributed by atoms with Crippen molar-refractivity contribution in [2.24, 2.45) is 0 Å². The molecule has 0 saturated carbocycles. The first kappa shape index (κ1) is 21.0. The van der Waals surface area contributed by atoms with Crippen LogP contribution in [-0.2, 0) is 11.4 Å². The molecule has 5 heterocycles. The first-order valence-electron chi connectivity index (χ1n) is 10.8. The topological polar surface area (TPSA) is 119 Å². The fourth-order valence-electron chi connectivity index (χ4n) is 4.24. The van der Waals surface area contributed by atoms with E-state index in [1.807, 2.05) is 12.3 Å². The summed E-state index contributed by atoms with van der Waals surface area (Å²) in [5, 5.41) is 14.3. The summed E-state index contributed by atoms with van der Waals surface area (Å²) in [4.78, 5) is 15.8. The Morgan fingerprint density at radius 2 is 2.12 bits per heavy atom. The van der Waals surface area contributed by atoms with Crippen LogP contribution in [0.2, 0.25) is 0 Å². The van der Waals surface area contributed by atoms with Gasteiger partial charge in [-0.05, 0) is 26.8 Å². The molecule has 32 heavy (non-hydrogen) atoms. The average Bonchev–Trinajstić information content (AvgIpc) is 3.52. The molecule has 3 aromatic heterocycles. The number of anilines is 4. The van der Waals surface area contributed by atoms with Crippen molar-refractivity contribution in [1.82, 2.24) is 29.5 Å². The monoisotopic (exact) mass is 453 g/mol. The zero-order chi connectivity index (χ0) is 22.2. The molecule has 3 atom stereocenters. The Hall–Kier alpha value is -2.89. The van der Waals surface area contributed by atoms with E-state index in [9.17, 15) is 4.55 Å². The summed E-state index contributed by atoms with van der Waals surface area (Å²) in [6.45, 7) is 8.12. The third-order valence-electron chi connectivity index (χ3n) is 5.71. The minimum atomic E-state index is -1.21. The highest BCUT2D eigenvalue weighted by atomic mass is 32.2. The highest BCUT2D eigenvalue weighted by molar-refractivity contribution is 7.90. The van der Waals surface area contributed by atoms with Gasteiger partial charge in [0.1, 0.15) is 11.6 Å². The Labute approximate surface area is 190 Å². The van der Waals surface area contributed by atoms with Crippen molar-refractivity contribution in [3.8, 4) is 11.4 Å². The van der Waals surface area contributed by atoms with Gasteiger partial charge in [0.25, 0.3) is 0 Å². The molecule has 3 N–H and O–H groups in total. The lowest BCUT2D eigenvalue weighted by molar-refractivity contribution is 0.565. The van der Waals surface area contributed by atoms with E-state index in [4.69, 9.17) is 0 Å². The maximum Gasteiger partial charge on any atom is 0.164 e. The molecular weight excluding hydrogens is 426 g/mol. The quantitative estimate of drug-likeness (QED) is 0.483. The largest absolute Gasteiger partial charge is 0.591 e. The SMILES string of the molecule is CC(C)N1c2cc(Nc3ccnc(-c4cnn([S+]([O-])C5CCNC5)c4)n3)ncc2NC1C. The van der Waals surface area contributed by atoms with Gasteiger partial charge in [-0.15, -0.1) is 5.10 Å². The summed E-state index contributed by atoms with van der Waals surface area (Å²) in [7, 11) is 0. The molecule has 168 valence electrons. The number of aromatic nitrogens is 5.